The lowest BCUT2D eigenvalue weighted by molar-refractivity contribution is 0.411. The minimum Gasteiger partial charge on any atom is -0.504 e. The van der Waals surface area contributed by atoms with Gasteiger partial charge >= 0.3 is 0 Å². The van der Waals surface area contributed by atoms with E-state index in [2.05, 4.69) is 24.8 Å². The average Bonchev–Trinajstić information content (AvgIpc) is 3.02. The van der Waals surface area contributed by atoms with E-state index in [0.717, 1.165) is 10.9 Å². The number of nitrogens with zero attached hydrogens (tertiary/aromatic N) is 1. The summed E-state index contributed by atoms with van der Waals surface area (Å²) in [4.78, 5) is 0. The maximum absolute atomic E-state index is 10.3. The van der Waals surface area contributed by atoms with Crippen LogP contribution in [-0.2, 0) is 0 Å². The summed E-state index contributed by atoms with van der Waals surface area (Å²) in [5.74, 6) is 0.694. The van der Waals surface area contributed by atoms with E-state index in [9.17, 15) is 5.11 Å². The second-order valence-electron chi connectivity index (χ2n) is 6.69. The molecule has 0 saturated heterocycles. The Hall–Kier alpha value is -1.95. The van der Waals surface area contributed by atoms with Crippen molar-refractivity contribution in [2.45, 2.75) is 19.6 Å². The van der Waals surface area contributed by atoms with E-state index in [4.69, 9.17) is 32.5 Å². The van der Waals surface area contributed by atoms with Crippen molar-refractivity contribution in [3.8, 4) is 28.5 Å². The maximum atomic E-state index is 10.3. The highest BCUT2D eigenvalue weighted by Gasteiger charge is 2.23. The minimum absolute atomic E-state index is 0.0129. The molecule has 0 radical (unpaired) electrons. The first-order valence-corrected chi connectivity index (χ1v) is 11.9. The molecule has 3 aromatic rings. The molecule has 0 saturated carbocycles. The number of ether oxygens (including phenoxy) is 1. The molecule has 1 N–H and O–H groups in total. The highest BCUT2D eigenvalue weighted by molar-refractivity contribution is 6.87. The van der Waals surface area contributed by atoms with Gasteiger partial charge in [-0.2, -0.15) is 0 Å². The molecule has 0 fully saturated rings. The third kappa shape index (κ3) is 4.00. The van der Waals surface area contributed by atoms with Crippen LogP contribution in [0.3, 0.4) is 0 Å². The number of hydrogen-bond donors (Lipinski definition) is 1. The van der Waals surface area contributed by atoms with Gasteiger partial charge in [0.05, 0.1) is 5.02 Å². The zero-order valence-corrected chi connectivity index (χ0v) is 16.5. The number of rotatable bonds is 4. The van der Waals surface area contributed by atoms with Crippen LogP contribution in [0.4, 0.5) is 0 Å². The molecule has 0 amide bonds. The molecular formula is C18H17Cl2NO3Si. The van der Waals surface area contributed by atoms with E-state index >= 15 is 0 Å². The van der Waals surface area contributed by atoms with Crippen molar-refractivity contribution < 1.29 is 14.4 Å². The van der Waals surface area contributed by atoms with Crippen LogP contribution in [0.25, 0.3) is 11.3 Å². The summed E-state index contributed by atoms with van der Waals surface area (Å²) in [5, 5.41) is 16.2. The summed E-state index contributed by atoms with van der Waals surface area (Å²) >= 11 is 12.0. The van der Waals surface area contributed by atoms with E-state index in [0.29, 0.717) is 27.2 Å². The van der Waals surface area contributed by atoms with Gasteiger partial charge in [0.1, 0.15) is 24.9 Å². The molecule has 3 rings (SSSR count). The van der Waals surface area contributed by atoms with Gasteiger partial charge in [0.2, 0.25) is 0 Å². The highest BCUT2D eigenvalue weighted by atomic mass is 35.5. The molecule has 1 heterocycles. The van der Waals surface area contributed by atoms with Crippen LogP contribution in [0.5, 0.6) is 17.2 Å². The number of phenols is 1. The second-order valence-corrected chi connectivity index (χ2v) is 12.5. The van der Waals surface area contributed by atoms with Gasteiger partial charge in [-0.25, -0.2) is 0 Å². The number of aromatic hydroxyl groups is 1. The Morgan fingerprint density at radius 3 is 2.32 bits per heavy atom. The Bertz CT molecular complexity index is 919. The van der Waals surface area contributed by atoms with Crippen molar-refractivity contribution in [3.05, 3.63) is 52.5 Å². The Balaban J connectivity index is 1.87. The first-order chi connectivity index (χ1) is 11.7. The Kier molecular flexibility index (Phi) is 4.82. The van der Waals surface area contributed by atoms with Gasteiger partial charge in [-0.05, 0) is 36.4 Å². The molecule has 4 nitrogen and oxygen atoms in total. The third-order valence-electron chi connectivity index (χ3n) is 3.62. The van der Waals surface area contributed by atoms with Crippen LogP contribution in [0, 0.1) is 0 Å². The predicted molar refractivity (Wildman–Crippen MR) is 103 cm³/mol. The van der Waals surface area contributed by atoms with Gasteiger partial charge < -0.3 is 14.4 Å². The quantitative estimate of drug-likeness (QED) is 0.578. The third-order valence-corrected chi connectivity index (χ3v) is 5.86. The average molecular weight is 394 g/mol. The van der Waals surface area contributed by atoms with Crippen molar-refractivity contribution in [3.63, 3.8) is 0 Å². The molecule has 0 aliphatic rings. The van der Waals surface area contributed by atoms with Crippen molar-refractivity contribution in [1.82, 2.24) is 5.16 Å². The van der Waals surface area contributed by atoms with Gasteiger partial charge in [-0.1, -0.05) is 48.0 Å². The monoisotopic (exact) mass is 393 g/mol. The molecule has 2 aromatic carbocycles. The summed E-state index contributed by atoms with van der Waals surface area (Å²) in [5.41, 5.74) is 1.43. The molecule has 1 aromatic heterocycles. The van der Waals surface area contributed by atoms with Crippen molar-refractivity contribution in [2.75, 3.05) is 0 Å². The number of halogens is 2. The molecule has 7 heteroatoms. The van der Waals surface area contributed by atoms with Crippen LogP contribution >= 0.6 is 23.2 Å². The van der Waals surface area contributed by atoms with Crippen molar-refractivity contribution in [2.24, 2.45) is 0 Å². The zero-order valence-electron chi connectivity index (χ0n) is 14.0. The lowest BCUT2D eigenvalue weighted by Crippen LogP contribution is -2.36. The molecule has 0 aliphatic heterocycles. The van der Waals surface area contributed by atoms with Gasteiger partial charge in [0.15, 0.2) is 11.5 Å². The zero-order chi connectivity index (χ0) is 18.2. The fourth-order valence-electron chi connectivity index (χ4n) is 2.20. The molecule has 0 bridgehead atoms. The Labute approximate surface area is 157 Å². The number of benzene rings is 2. The SMILES string of the molecule is C[Si](C)(C)c1cc(-c2ccc(Oc3ccc(Cl)cc3Cl)c(O)c2)no1. The van der Waals surface area contributed by atoms with E-state index in [1.54, 1.807) is 30.3 Å². The van der Waals surface area contributed by atoms with Crippen molar-refractivity contribution in [1.29, 1.82) is 0 Å². The van der Waals surface area contributed by atoms with Crippen LogP contribution in [-0.4, -0.2) is 18.3 Å². The smallest absolute Gasteiger partial charge is 0.169 e. The van der Waals surface area contributed by atoms with Gasteiger partial charge in [-0.15, -0.1) is 0 Å². The van der Waals surface area contributed by atoms with Gasteiger partial charge in [0, 0.05) is 16.7 Å². The van der Waals surface area contributed by atoms with E-state index in [-0.39, 0.29) is 5.75 Å². The lowest BCUT2D eigenvalue weighted by atomic mass is 10.1. The number of aromatic nitrogens is 1. The molecule has 0 unspecified atom stereocenters. The summed E-state index contributed by atoms with van der Waals surface area (Å²) in [7, 11) is -1.57. The van der Waals surface area contributed by atoms with Gasteiger partial charge in [-0.3, -0.25) is 0 Å². The highest BCUT2D eigenvalue weighted by Crippen LogP contribution is 2.37. The first-order valence-electron chi connectivity index (χ1n) is 7.67. The summed E-state index contributed by atoms with van der Waals surface area (Å²) in [6.07, 6.45) is 0. The topological polar surface area (TPSA) is 55.5 Å². The van der Waals surface area contributed by atoms with E-state index in [1.165, 1.54) is 0 Å². The molecule has 0 aliphatic carbocycles. The van der Waals surface area contributed by atoms with Crippen molar-refractivity contribution >= 4 is 36.7 Å². The fraction of sp³-hybridized carbons (Fsp3) is 0.167. The van der Waals surface area contributed by atoms with Crippen LogP contribution < -0.4 is 10.1 Å². The predicted octanol–water partition coefficient (Wildman–Crippen LogP) is 5.69. The van der Waals surface area contributed by atoms with Gasteiger partial charge in [0.25, 0.3) is 0 Å². The normalized spacial score (nSPS) is 11.6. The molecule has 130 valence electrons. The van der Waals surface area contributed by atoms with Crippen LogP contribution in [0.15, 0.2) is 47.0 Å². The van der Waals surface area contributed by atoms with E-state index < -0.39 is 8.07 Å². The Morgan fingerprint density at radius 1 is 1.00 bits per heavy atom. The number of hydrogen-bond acceptors (Lipinski definition) is 4. The van der Waals surface area contributed by atoms with Crippen LogP contribution in [0.1, 0.15) is 0 Å². The molecule has 25 heavy (non-hydrogen) atoms. The molecular weight excluding hydrogens is 377 g/mol. The fourth-order valence-corrected chi connectivity index (χ4v) is 3.54. The second kappa shape index (κ2) is 6.75. The van der Waals surface area contributed by atoms with E-state index in [1.807, 2.05) is 12.1 Å². The standard InChI is InChI=1S/C18H17Cl2NO3Si/c1-25(2,3)18-10-14(21-24-18)11-4-6-17(15(22)8-11)23-16-7-5-12(19)9-13(16)20/h4-10,22H,1-3H3. The first kappa shape index (κ1) is 17.9. The minimum atomic E-state index is -1.57. The maximum Gasteiger partial charge on any atom is 0.169 e. The molecule has 0 atom stereocenters. The van der Waals surface area contributed by atoms with Crippen LogP contribution in [0.2, 0.25) is 29.7 Å². The Morgan fingerprint density at radius 2 is 1.72 bits per heavy atom. The molecule has 0 spiro atoms. The lowest BCUT2D eigenvalue weighted by Gasteiger charge is -2.10. The summed E-state index contributed by atoms with van der Waals surface area (Å²) < 4.78 is 11.1. The summed E-state index contributed by atoms with van der Waals surface area (Å²) in [6.45, 7) is 6.55. The summed E-state index contributed by atoms with van der Waals surface area (Å²) in [6, 6.07) is 11.9. The largest absolute Gasteiger partial charge is 0.504 e. The number of phenolic OH excluding ortho intramolecular Hbond substituents is 1.